The normalized spacial score (nSPS) is 25.7. The van der Waals surface area contributed by atoms with Gasteiger partial charge in [-0.25, -0.2) is 0 Å². The minimum atomic E-state index is -0.0426. The second-order valence-corrected chi connectivity index (χ2v) is 4.48. The van der Waals surface area contributed by atoms with Crippen molar-refractivity contribution in [2.75, 3.05) is 6.61 Å². The Labute approximate surface area is 95.1 Å². The van der Waals surface area contributed by atoms with Gasteiger partial charge < -0.3 is 9.47 Å². The van der Waals surface area contributed by atoms with Gasteiger partial charge in [0.1, 0.15) is 0 Å². The smallest absolute Gasteiger partial charge is 0.158 e. The highest BCUT2D eigenvalue weighted by Gasteiger charge is 2.22. The molecule has 0 amide bonds. The number of hydrogen-bond acceptors (Lipinski definition) is 2. The maximum Gasteiger partial charge on any atom is 0.158 e. The highest BCUT2D eigenvalue weighted by atomic mass is 35.5. The van der Waals surface area contributed by atoms with Crippen LogP contribution in [0, 0.1) is 5.92 Å². The molecular weight excluding hydrogens is 212 g/mol. The largest absolute Gasteiger partial charge is 0.352 e. The number of halogens is 1. The molecule has 82 valence electrons. The van der Waals surface area contributed by atoms with E-state index in [4.69, 9.17) is 21.1 Å². The molecule has 0 N–H and O–H groups in total. The molecule has 0 saturated carbocycles. The molecule has 0 radical (unpaired) electrons. The Kier molecular flexibility index (Phi) is 3.62. The molecule has 0 spiro atoms. The highest BCUT2D eigenvalue weighted by Crippen LogP contribution is 2.21. The third-order valence-corrected chi connectivity index (χ3v) is 2.72. The van der Waals surface area contributed by atoms with E-state index < -0.39 is 0 Å². The van der Waals surface area contributed by atoms with Crippen LogP contribution < -0.4 is 0 Å². The quantitative estimate of drug-likeness (QED) is 0.788. The topological polar surface area (TPSA) is 18.5 Å². The highest BCUT2D eigenvalue weighted by molar-refractivity contribution is 6.30. The molecule has 1 aliphatic heterocycles. The van der Waals surface area contributed by atoms with Crippen molar-refractivity contribution in [3.8, 4) is 0 Å². The number of hydrogen-bond donors (Lipinski definition) is 0. The first-order valence-corrected chi connectivity index (χ1v) is 5.59. The standard InChI is InChI=1S/C12H15ClO2/c1-9-5-12(14-7-9)15-8-10-3-2-4-11(13)6-10/h2-4,6,9,12H,5,7-8H2,1H3/t9-,12?/m1/s1. The lowest BCUT2D eigenvalue weighted by atomic mass is 10.1. The molecule has 15 heavy (non-hydrogen) atoms. The number of ether oxygens (including phenoxy) is 2. The average molecular weight is 227 g/mol. The third-order valence-electron chi connectivity index (χ3n) is 2.49. The van der Waals surface area contributed by atoms with Gasteiger partial charge in [-0.1, -0.05) is 30.7 Å². The molecule has 2 nitrogen and oxygen atoms in total. The molecule has 1 heterocycles. The van der Waals surface area contributed by atoms with Gasteiger partial charge in [0.05, 0.1) is 13.2 Å². The molecule has 1 aromatic rings. The van der Waals surface area contributed by atoms with Gasteiger partial charge in [0.2, 0.25) is 0 Å². The monoisotopic (exact) mass is 226 g/mol. The Bertz CT molecular complexity index is 327. The summed E-state index contributed by atoms with van der Waals surface area (Å²) in [7, 11) is 0. The molecule has 0 bridgehead atoms. The van der Waals surface area contributed by atoms with Gasteiger partial charge in [-0.2, -0.15) is 0 Å². The Morgan fingerprint density at radius 1 is 1.53 bits per heavy atom. The van der Waals surface area contributed by atoms with E-state index in [9.17, 15) is 0 Å². The van der Waals surface area contributed by atoms with E-state index >= 15 is 0 Å². The van der Waals surface area contributed by atoms with E-state index in [1.54, 1.807) is 0 Å². The summed E-state index contributed by atoms with van der Waals surface area (Å²) in [4.78, 5) is 0. The van der Waals surface area contributed by atoms with Crippen LogP contribution in [0.25, 0.3) is 0 Å². The predicted octanol–water partition coefficient (Wildman–Crippen LogP) is 3.24. The van der Waals surface area contributed by atoms with Gasteiger partial charge in [0.15, 0.2) is 6.29 Å². The maximum atomic E-state index is 5.88. The van der Waals surface area contributed by atoms with Gasteiger partial charge >= 0.3 is 0 Å². The van der Waals surface area contributed by atoms with E-state index in [0.29, 0.717) is 12.5 Å². The van der Waals surface area contributed by atoms with Crippen LogP contribution in [0.4, 0.5) is 0 Å². The van der Waals surface area contributed by atoms with Crippen molar-refractivity contribution in [3.63, 3.8) is 0 Å². The minimum absolute atomic E-state index is 0.0426. The van der Waals surface area contributed by atoms with Gasteiger partial charge in [-0.3, -0.25) is 0 Å². The number of rotatable bonds is 3. The van der Waals surface area contributed by atoms with E-state index in [2.05, 4.69) is 6.92 Å². The van der Waals surface area contributed by atoms with Crippen molar-refractivity contribution in [2.45, 2.75) is 26.2 Å². The van der Waals surface area contributed by atoms with Crippen molar-refractivity contribution >= 4 is 11.6 Å². The molecule has 1 unspecified atom stereocenters. The van der Waals surface area contributed by atoms with E-state index in [-0.39, 0.29) is 6.29 Å². The summed E-state index contributed by atoms with van der Waals surface area (Å²) in [5.41, 5.74) is 1.09. The van der Waals surface area contributed by atoms with Crippen LogP contribution in [0.5, 0.6) is 0 Å². The van der Waals surface area contributed by atoms with Gasteiger partial charge in [0, 0.05) is 11.4 Å². The summed E-state index contributed by atoms with van der Waals surface area (Å²) in [6.45, 7) is 3.54. The SMILES string of the molecule is C[C@H]1COC(OCc2cccc(Cl)c2)C1. The molecule has 0 aliphatic carbocycles. The summed E-state index contributed by atoms with van der Waals surface area (Å²) in [6.07, 6.45) is 0.944. The van der Waals surface area contributed by atoms with Crippen LogP contribution in [-0.4, -0.2) is 12.9 Å². The zero-order valence-corrected chi connectivity index (χ0v) is 9.54. The van der Waals surface area contributed by atoms with Gasteiger partial charge in [0.25, 0.3) is 0 Å². The fourth-order valence-electron chi connectivity index (χ4n) is 1.67. The average Bonchev–Trinajstić information content (AvgIpc) is 2.62. The van der Waals surface area contributed by atoms with Crippen molar-refractivity contribution in [2.24, 2.45) is 5.92 Å². The Morgan fingerprint density at radius 3 is 3.07 bits per heavy atom. The van der Waals surface area contributed by atoms with E-state index in [0.717, 1.165) is 23.6 Å². The lowest BCUT2D eigenvalue weighted by Gasteiger charge is -2.10. The van der Waals surface area contributed by atoms with Crippen LogP contribution in [0.1, 0.15) is 18.9 Å². The van der Waals surface area contributed by atoms with E-state index in [1.165, 1.54) is 0 Å². The maximum absolute atomic E-state index is 5.88. The summed E-state index contributed by atoms with van der Waals surface area (Å²) in [5.74, 6) is 0.606. The predicted molar refractivity (Wildman–Crippen MR) is 59.8 cm³/mol. The second-order valence-electron chi connectivity index (χ2n) is 4.04. The third kappa shape index (κ3) is 3.20. The molecule has 1 aromatic carbocycles. The van der Waals surface area contributed by atoms with Crippen LogP contribution in [0.3, 0.4) is 0 Å². The summed E-state index contributed by atoms with van der Waals surface area (Å²) in [6, 6.07) is 7.71. The molecule has 1 aliphatic rings. The van der Waals surface area contributed by atoms with Crippen LogP contribution in [-0.2, 0) is 16.1 Å². The first-order valence-electron chi connectivity index (χ1n) is 5.21. The Hall–Kier alpha value is -0.570. The van der Waals surface area contributed by atoms with Gasteiger partial charge in [-0.15, -0.1) is 0 Å². The molecular formula is C12H15ClO2. The molecule has 3 heteroatoms. The summed E-state index contributed by atoms with van der Waals surface area (Å²) >= 11 is 5.88. The number of benzene rings is 1. The van der Waals surface area contributed by atoms with Crippen molar-refractivity contribution in [1.29, 1.82) is 0 Å². The first-order chi connectivity index (χ1) is 7.24. The molecule has 1 fully saturated rings. The fourth-order valence-corrected chi connectivity index (χ4v) is 1.88. The Balaban J connectivity index is 1.83. The lowest BCUT2D eigenvalue weighted by Crippen LogP contribution is -2.10. The zero-order chi connectivity index (χ0) is 10.7. The molecule has 1 saturated heterocycles. The summed E-state index contributed by atoms with van der Waals surface area (Å²) < 4.78 is 11.1. The zero-order valence-electron chi connectivity index (χ0n) is 8.78. The second kappa shape index (κ2) is 4.97. The molecule has 0 aromatic heterocycles. The fraction of sp³-hybridized carbons (Fsp3) is 0.500. The van der Waals surface area contributed by atoms with Crippen LogP contribution in [0.15, 0.2) is 24.3 Å². The van der Waals surface area contributed by atoms with Crippen molar-refractivity contribution in [1.82, 2.24) is 0 Å². The van der Waals surface area contributed by atoms with Crippen molar-refractivity contribution < 1.29 is 9.47 Å². The lowest BCUT2D eigenvalue weighted by molar-refractivity contribution is -0.118. The minimum Gasteiger partial charge on any atom is -0.352 e. The summed E-state index contributed by atoms with van der Waals surface area (Å²) in [5, 5.41) is 0.747. The Morgan fingerprint density at radius 2 is 2.40 bits per heavy atom. The van der Waals surface area contributed by atoms with Gasteiger partial charge in [-0.05, 0) is 23.6 Å². The van der Waals surface area contributed by atoms with E-state index in [1.807, 2.05) is 24.3 Å². The molecule has 2 atom stereocenters. The molecule has 2 rings (SSSR count). The van der Waals surface area contributed by atoms with Crippen LogP contribution >= 0.6 is 11.6 Å². The van der Waals surface area contributed by atoms with Crippen molar-refractivity contribution in [3.05, 3.63) is 34.9 Å². The first kappa shape index (κ1) is 10.9. The van der Waals surface area contributed by atoms with Crippen LogP contribution in [0.2, 0.25) is 5.02 Å².